The Morgan fingerprint density at radius 2 is 1.95 bits per heavy atom. The van der Waals surface area contributed by atoms with Gasteiger partial charge in [-0.1, -0.05) is 42.5 Å². The maximum Gasteiger partial charge on any atom is 0.120 e. The van der Waals surface area contributed by atoms with Crippen molar-refractivity contribution in [2.45, 2.75) is 25.9 Å². The molecule has 2 heteroatoms. The topological polar surface area (TPSA) is 33.0 Å². The van der Waals surface area contributed by atoms with Crippen LogP contribution in [0.2, 0.25) is 0 Å². The van der Waals surface area contributed by atoms with Crippen molar-refractivity contribution in [1.29, 1.82) is 5.26 Å². The molecular formula is C19H17NO. The van der Waals surface area contributed by atoms with Gasteiger partial charge >= 0.3 is 0 Å². The second kappa shape index (κ2) is 6.28. The molecule has 0 unspecified atom stereocenters. The van der Waals surface area contributed by atoms with Gasteiger partial charge in [0.25, 0.3) is 0 Å². The van der Waals surface area contributed by atoms with E-state index in [2.05, 4.69) is 36.4 Å². The van der Waals surface area contributed by atoms with Crippen molar-refractivity contribution < 1.29 is 4.74 Å². The Morgan fingerprint density at radius 1 is 1.10 bits per heavy atom. The number of hydrogen-bond donors (Lipinski definition) is 0. The van der Waals surface area contributed by atoms with E-state index in [4.69, 9.17) is 10.00 Å². The molecule has 2 nitrogen and oxygen atoms in total. The lowest BCUT2D eigenvalue weighted by atomic mass is 9.89. The normalized spacial score (nSPS) is 13.0. The number of allylic oxidation sites excluding steroid dienone is 2. The highest BCUT2D eigenvalue weighted by Gasteiger charge is 2.13. The smallest absolute Gasteiger partial charge is 0.120 e. The van der Waals surface area contributed by atoms with Gasteiger partial charge < -0.3 is 4.74 Å². The molecule has 0 N–H and O–H groups in total. The summed E-state index contributed by atoms with van der Waals surface area (Å²) < 4.78 is 5.87. The van der Waals surface area contributed by atoms with E-state index in [-0.39, 0.29) is 0 Å². The summed E-state index contributed by atoms with van der Waals surface area (Å²) in [5, 5.41) is 8.94. The first-order valence-corrected chi connectivity index (χ1v) is 7.23. The van der Waals surface area contributed by atoms with Gasteiger partial charge in [0, 0.05) is 0 Å². The lowest BCUT2D eigenvalue weighted by Crippen LogP contribution is -2.01. The first-order valence-electron chi connectivity index (χ1n) is 7.23. The van der Waals surface area contributed by atoms with Crippen LogP contribution in [0.5, 0.6) is 5.75 Å². The number of nitrogens with zero attached hydrogens (tertiary/aromatic N) is 1. The Hall–Kier alpha value is -2.53. The van der Waals surface area contributed by atoms with Crippen LogP contribution in [0.3, 0.4) is 0 Å². The predicted octanol–water partition coefficient (Wildman–Crippen LogP) is 4.51. The van der Waals surface area contributed by atoms with Crippen LogP contribution in [0, 0.1) is 11.3 Å². The molecule has 1 aliphatic carbocycles. The van der Waals surface area contributed by atoms with Gasteiger partial charge in [0.05, 0.1) is 12.5 Å². The third-order valence-electron chi connectivity index (χ3n) is 3.75. The fourth-order valence-electron chi connectivity index (χ4n) is 2.67. The maximum atomic E-state index is 8.94. The minimum absolute atomic E-state index is 0.467. The molecule has 0 spiro atoms. The molecular weight excluding hydrogens is 258 g/mol. The summed E-state index contributed by atoms with van der Waals surface area (Å²) in [5.41, 5.74) is 4.77. The summed E-state index contributed by atoms with van der Waals surface area (Å²) in [6, 6.07) is 18.6. The number of rotatable bonds is 4. The van der Waals surface area contributed by atoms with Gasteiger partial charge in [-0.05, 0) is 47.2 Å². The number of ether oxygens (including phenoxy) is 1. The number of hydrogen-bond acceptors (Lipinski definition) is 2. The Kier molecular flexibility index (Phi) is 4.02. The maximum absolute atomic E-state index is 8.94. The zero-order valence-corrected chi connectivity index (χ0v) is 11.9. The third-order valence-corrected chi connectivity index (χ3v) is 3.75. The summed E-state index contributed by atoms with van der Waals surface area (Å²) in [5.74, 6) is 0.864. The zero-order valence-electron chi connectivity index (χ0n) is 11.9. The van der Waals surface area contributed by atoms with Gasteiger partial charge in [-0.2, -0.15) is 5.26 Å². The lowest BCUT2D eigenvalue weighted by molar-refractivity contribution is 0.306. The van der Waals surface area contributed by atoms with Crippen LogP contribution < -0.4 is 4.74 Å². The van der Waals surface area contributed by atoms with Crippen LogP contribution in [-0.4, -0.2) is 0 Å². The van der Waals surface area contributed by atoms with Gasteiger partial charge in [-0.3, -0.25) is 0 Å². The molecule has 0 atom stereocenters. The van der Waals surface area contributed by atoms with E-state index in [1.54, 1.807) is 0 Å². The molecule has 0 aliphatic heterocycles. The van der Waals surface area contributed by atoms with Crippen molar-refractivity contribution in [3.05, 3.63) is 71.3 Å². The van der Waals surface area contributed by atoms with Crippen LogP contribution in [0.15, 0.2) is 54.6 Å². The summed E-state index contributed by atoms with van der Waals surface area (Å²) in [4.78, 5) is 0. The van der Waals surface area contributed by atoms with Crippen molar-refractivity contribution in [3.8, 4) is 11.8 Å². The summed E-state index contributed by atoms with van der Waals surface area (Å²) in [6.07, 6.45) is 4.71. The molecule has 3 rings (SSSR count). The van der Waals surface area contributed by atoms with E-state index in [0.717, 1.165) is 29.7 Å². The van der Waals surface area contributed by atoms with E-state index < -0.39 is 0 Å². The molecule has 0 heterocycles. The highest BCUT2D eigenvalue weighted by Crippen LogP contribution is 2.31. The fraction of sp³-hybridized carbons (Fsp3) is 0.211. The van der Waals surface area contributed by atoms with Gasteiger partial charge in [0.15, 0.2) is 0 Å². The largest absolute Gasteiger partial charge is 0.489 e. The standard InChI is InChI=1S/C19H17NO/c20-12-11-17-8-4-7-16-9-10-18(13-19(16)17)21-14-15-5-2-1-3-6-15/h1-3,5-6,8-10,13H,4,7,11,14H2. The molecule has 104 valence electrons. The number of aryl methyl sites for hydroxylation is 1. The first kappa shape index (κ1) is 13.5. The van der Waals surface area contributed by atoms with E-state index >= 15 is 0 Å². The van der Waals surface area contributed by atoms with E-state index in [9.17, 15) is 0 Å². The molecule has 0 radical (unpaired) electrons. The molecule has 2 aromatic rings. The third kappa shape index (κ3) is 3.14. The molecule has 0 saturated carbocycles. The van der Waals surface area contributed by atoms with Crippen molar-refractivity contribution in [3.63, 3.8) is 0 Å². The second-order valence-corrected chi connectivity index (χ2v) is 5.20. The fourth-order valence-corrected chi connectivity index (χ4v) is 2.67. The van der Waals surface area contributed by atoms with Crippen LogP contribution >= 0.6 is 0 Å². The summed E-state index contributed by atoms with van der Waals surface area (Å²) in [7, 11) is 0. The monoisotopic (exact) mass is 275 g/mol. The predicted molar refractivity (Wildman–Crippen MR) is 83.7 cm³/mol. The van der Waals surface area contributed by atoms with Gasteiger partial charge in [0.2, 0.25) is 0 Å². The highest BCUT2D eigenvalue weighted by molar-refractivity contribution is 5.72. The Balaban J connectivity index is 1.78. The van der Waals surface area contributed by atoms with E-state index in [0.29, 0.717) is 13.0 Å². The minimum Gasteiger partial charge on any atom is -0.489 e. The van der Waals surface area contributed by atoms with Crippen LogP contribution in [0.4, 0.5) is 0 Å². The van der Waals surface area contributed by atoms with Gasteiger partial charge in [-0.15, -0.1) is 0 Å². The van der Waals surface area contributed by atoms with E-state index in [1.165, 1.54) is 11.1 Å². The average molecular weight is 275 g/mol. The molecule has 0 fully saturated rings. The molecule has 0 amide bonds. The van der Waals surface area contributed by atoms with Gasteiger partial charge in [-0.25, -0.2) is 0 Å². The quantitative estimate of drug-likeness (QED) is 0.822. The SMILES string of the molecule is N#CCC1=CCCc2ccc(OCc3ccccc3)cc21. The molecule has 0 aromatic heterocycles. The van der Waals surface area contributed by atoms with Crippen molar-refractivity contribution in [1.82, 2.24) is 0 Å². The first-order chi connectivity index (χ1) is 10.4. The molecule has 2 aromatic carbocycles. The molecule has 0 saturated heterocycles. The average Bonchev–Trinajstić information content (AvgIpc) is 2.54. The van der Waals surface area contributed by atoms with Crippen LogP contribution in [-0.2, 0) is 13.0 Å². The Morgan fingerprint density at radius 3 is 2.76 bits per heavy atom. The molecule has 21 heavy (non-hydrogen) atoms. The lowest BCUT2D eigenvalue weighted by Gasteiger charge is -2.17. The second-order valence-electron chi connectivity index (χ2n) is 5.20. The highest BCUT2D eigenvalue weighted by atomic mass is 16.5. The Labute approximate surface area is 125 Å². The summed E-state index contributed by atoms with van der Waals surface area (Å²) >= 11 is 0. The van der Waals surface area contributed by atoms with Gasteiger partial charge in [0.1, 0.15) is 12.4 Å². The summed E-state index contributed by atoms with van der Waals surface area (Å²) in [6.45, 7) is 0.566. The van der Waals surface area contributed by atoms with Crippen LogP contribution in [0.1, 0.15) is 29.5 Å². The molecule has 0 bridgehead atoms. The van der Waals surface area contributed by atoms with Crippen molar-refractivity contribution in [2.24, 2.45) is 0 Å². The van der Waals surface area contributed by atoms with Crippen molar-refractivity contribution >= 4 is 5.57 Å². The number of fused-ring (bicyclic) bond motifs is 1. The minimum atomic E-state index is 0.467. The molecule has 1 aliphatic rings. The number of nitriles is 1. The van der Waals surface area contributed by atoms with Crippen LogP contribution in [0.25, 0.3) is 5.57 Å². The Bertz CT molecular complexity index is 695. The number of benzene rings is 2. The zero-order chi connectivity index (χ0) is 14.5. The van der Waals surface area contributed by atoms with Crippen molar-refractivity contribution in [2.75, 3.05) is 0 Å². The van der Waals surface area contributed by atoms with E-state index in [1.807, 2.05) is 24.3 Å².